The van der Waals surface area contributed by atoms with Gasteiger partial charge in [-0.3, -0.25) is 0 Å². The fourth-order valence-corrected chi connectivity index (χ4v) is 25.0. The molecule has 0 radical (unpaired) electrons. The summed E-state index contributed by atoms with van der Waals surface area (Å²) < 4.78 is 64.4. The lowest BCUT2D eigenvalue weighted by molar-refractivity contribution is 0.124. The lowest BCUT2D eigenvalue weighted by Gasteiger charge is -2.37. The molecule has 0 aromatic carbocycles. The smallest absolute Gasteiger partial charge is 0.439 e. The summed E-state index contributed by atoms with van der Waals surface area (Å²) in [6.45, 7) is 8.82. The molecule has 0 aliphatic carbocycles. The van der Waals surface area contributed by atoms with Crippen LogP contribution in [0.4, 0.5) is 0 Å². The highest BCUT2D eigenvalue weighted by Gasteiger charge is 2.45. The van der Waals surface area contributed by atoms with E-state index in [1.807, 2.05) is 0 Å². The zero-order chi connectivity index (χ0) is 28.1. The molecular formula is C19H52O11Si6. The van der Waals surface area contributed by atoms with Crippen LogP contribution in [0.15, 0.2) is 0 Å². The highest BCUT2D eigenvalue weighted by atomic mass is 28.4. The predicted molar refractivity (Wildman–Crippen MR) is 153 cm³/mol. The highest BCUT2D eigenvalue weighted by Crippen LogP contribution is 2.29. The number of hydrogen-bond donors (Lipinski definition) is 0. The monoisotopic (exact) mass is 624 g/mol. The molecule has 0 unspecified atom stereocenters. The van der Waals surface area contributed by atoms with E-state index in [0.29, 0.717) is 18.1 Å². The fourth-order valence-electron chi connectivity index (χ4n) is 3.84. The lowest BCUT2D eigenvalue weighted by Crippen LogP contribution is -2.51. The third kappa shape index (κ3) is 11.9. The first kappa shape index (κ1) is 36.9. The van der Waals surface area contributed by atoms with Crippen LogP contribution in [0.25, 0.3) is 0 Å². The minimum atomic E-state index is -2.76. The molecule has 17 heteroatoms. The van der Waals surface area contributed by atoms with Crippen LogP contribution in [0, 0.1) is 0 Å². The second kappa shape index (κ2) is 16.8. The Morgan fingerprint density at radius 1 is 0.389 bits per heavy atom. The molecule has 36 heavy (non-hydrogen) atoms. The second-order valence-corrected chi connectivity index (χ2v) is 30.2. The quantitative estimate of drug-likeness (QED) is 0.166. The van der Waals surface area contributed by atoms with Gasteiger partial charge >= 0.3 is 35.7 Å². The minimum absolute atomic E-state index is 0.627. The summed E-state index contributed by atoms with van der Waals surface area (Å²) in [6.07, 6.45) is 0. The molecule has 0 saturated heterocycles. The van der Waals surface area contributed by atoms with Crippen molar-refractivity contribution in [3.63, 3.8) is 0 Å². The van der Waals surface area contributed by atoms with Crippen molar-refractivity contribution in [1.82, 2.24) is 0 Å². The van der Waals surface area contributed by atoms with E-state index in [2.05, 4.69) is 26.2 Å². The third-order valence-electron chi connectivity index (χ3n) is 6.45. The van der Waals surface area contributed by atoms with E-state index >= 15 is 0 Å². The van der Waals surface area contributed by atoms with Gasteiger partial charge in [-0.1, -0.05) is 0 Å². The van der Waals surface area contributed by atoms with Crippen molar-refractivity contribution in [2.75, 3.05) is 64.0 Å². The first-order chi connectivity index (χ1) is 16.7. The molecule has 0 spiro atoms. The van der Waals surface area contributed by atoms with E-state index in [1.54, 1.807) is 64.0 Å². The molecule has 0 aliphatic rings. The zero-order valence-electron chi connectivity index (χ0n) is 24.8. The SMILES string of the molecule is CO[Si](CC[SiH](O[Si](C)(C)CC[Si](OC)(OC)OC)O[Si](C)(C)CC[Si](OC)(OC)OC)(OC)OC. The maximum absolute atomic E-state index is 6.86. The number of rotatable bonds is 22. The van der Waals surface area contributed by atoms with Crippen molar-refractivity contribution in [3.8, 4) is 0 Å². The van der Waals surface area contributed by atoms with Crippen LogP contribution in [0.3, 0.4) is 0 Å². The average molecular weight is 625 g/mol. The van der Waals surface area contributed by atoms with Crippen LogP contribution in [0.5, 0.6) is 0 Å². The molecule has 0 bridgehead atoms. The van der Waals surface area contributed by atoms with E-state index in [-0.39, 0.29) is 0 Å². The van der Waals surface area contributed by atoms with Crippen molar-refractivity contribution in [3.05, 3.63) is 0 Å². The largest absolute Gasteiger partial charge is 0.500 e. The normalized spacial score (nSPS) is 14.2. The lowest BCUT2D eigenvalue weighted by atomic mass is 10.9. The van der Waals surface area contributed by atoms with Gasteiger partial charge in [0.15, 0.2) is 16.6 Å². The first-order valence-corrected chi connectivity index (χ1v) is 25.9. The van der Waals surface area contributed by atoms with Crippen molar-refractivity contribution in [2.45, 2.75) is 62.5 Å². The van der Waals surface area contributed by atoms with Gasteiger partial charge < -0.3 is 48.1 Å². The molecular weight excluding hydrogens is 573 g/mol. The van der Waals surface area contributed by atoms with Crippen LogP contribution < -0.4 is 0 Å². The van der Waals surface area contributed by atoms with Crippen LogP contribution in [0.2, 0.25) is 62.5 Å². The Morgan fingerprint density at radius 2 is 0.639 bits per heavy atom. The molecule has 0 amide bonds. The van der Waals surface area contributed by atoms with Crippen molar-refractivity contribution in [2.24, 2.45) is 0 Å². The summed E-state index contributed by atoms with van der Waals surface area (Å²) in [6, 6.07) is 4.39. The predicted octanol–water partition coefficient (Wildman–Crippen LogP) is 3.28. The van der Waals surface area contributed by atoms with Gasteiger partial charge in [-0.2, -0.15) is 0 Å². The Morgan fingerprint density at radius 3 is 0.889 bits per heavy atom. The van der Waals surface area contributed by atoms with Gasteiger partial charge in [0.2, 0.25) is 0 Å². The average Bonchev–Trinajstić information content (AvgIpc) is 2.87. The molecule has 0 rings (SSSR count). The van der Waals surface area contributed by atoms with Gasteiger partial charge in [-0.05, 0) is 44.3 Å². The Labute approximate surface area is 226 Å². The van der Waals surface area contributed by atoms with Gasteiger partial charge in [0, 0.05) is 82.1 Å². The fraction of sp³-hybridized carbons (Fsp3) is 1.00. The summed E-state index contributed by atoms with van der Waals surface area (Å²) in [5.74, 6) is 0. The number of hydrogen-bond acceptors (Lipinski definition) is 11. The molecule has 0 N–H and O–H groups in total. The summed E-state index contributed by atoms with van der Waals surface area (Å²) in [5.41, 5.74) is 0. The van der Waals surface area contributed by atoms with E-state index < -0.39 is 52.3 Å². The Bertz CT molecular complexity index is 527. The van der Waals surface area contributed by atoms with Crippen LogP contribution >= 0.6 is 0 Å². The standard InChI is InChI=1S/C19H52O11Si6/c1-20-34(21-2,22-3)15-14-31(29-32(10,11)16-18-35(23-4,24-5)25-6)30-33(12,13)17-19-36(26-7,27-8)28-9/h31H,14-19H2,1-13H3. The Hall–Kier alpha value is 0.861. The van der Waals surface area contributed by atoms with E-state index in [1.165, 1.54) is 0 Å². The zero-order valence-corrected chi connectivity index (χ0v) is 31.0. The molecule has 0 fully saturated rings. The van der Waals surface area contributed by atoms with Gasteiger partial charge in [-0.15, -0.1) is 0 Å². The summed E-state index contributed by atoms with van der Waals surface area (Å²) >= 11 is 0. The topological polar surface area (TPSA) is 102 Å². The summed E-state index contributed by atoms with van der Waals surface area (Å²) in [7, 11) is 0.114. The van der Waals surface area contributed by atoms with Crippen LogP contribution in [0.1, 0.15) is 0 Å². The van der Waals surface area contributed by atoms with E-state index in [4.69, 9.17) is 48.1 Å². The highest BCUT2D eigenvalue weighted by molar-refractivity contribution is 6.83. The molecule has 11 nitrogen and oxygen atoms in total. The van der Waals surface area contributed by atoms with Crippen molar-refractivity contribution in [1.29, 1.82) is 0 Å². The maximum atomic E-state index is 6.86. The third-order valence-corrected chi connectivity index (χ3v) is 27.1. The molecule has 0 heterocycles. The Kier molecular flexibility index (Phi) is 17.3. The van der Waals surface area contributed by atoms with E-state index in [9.17, 15) is 0 Å². The van der Waals surface area contributed by atoms with Crippen LogP contribution in [-0.2, 0) is 48.1 Å². The summed E-state index contributed by atoms with van der Waals surface area (Å²) in [4.78, 5) is 0. The van der Waals surface area contributed by atoms with Gasteiger partial charge in [0.1, 0.15) is 0 Å². The first-order valence-electron chi connectivity index (χ1n) is 12.1. The van der Waals surface area contributed by atoms with E-state index in [0.717, 1.165) is 18.1 Å². The maximum Gasteiger partial charge on any atom is 0.500 e. The van der Waals surface area contributed by atoms with Crippen molar-refractivity contribution < 1.29 is 48.1 Å². The molecule has 0 aromatic rings. The molecule has 218 valence electrons. The molecule has 0 aromatic heterocycles. The Balaban J connectivity index is 5.65. The molecule has 0 atom stereocenters. The molecule has 0 aliphatic heterocycles. The van der Waals surface area contributed by atoms with Crippen molar-refractivity contribution >= 4 is 52.3 Å². The second-order valence-electron chi connectivity index (χ2n) is 9.61. The minimum Gasteiger partial charge on any atom is -0.439 e. The molecule has 0 saturated carbocycles. The van der Waals surface area contributed by atoms with Gasteiger partial charge in [0.05, 0.1) is 0 Å². The summed E-state index contributed by atoms with van der Waals surface area (Å²) in [5, 5.41) is 0. The van der Waals surface area contributed by atoms with Gasteiger partial charge in [0.25, 0.3) is 0 Å². The van der Waals surface area contributed by atoms with Crippen LogP contribution in [-0.4, -0.2) is 116 Å². The van der Waals surface area contributed by atoms with Gasteiger partial charge in [-0.25, -0.2) is 0 Å².